The van der Waals surface area contributed by atoms with Crippen molar-refractivity contribution in [3.63, 3.8) is 0 Å². The van der Waals surface area contributed by atoms with Crippen LogP contribution < -0.4 is 0 Å². The fraction of sp³-hybridized carbons (Fsp3) is 0.222. The number of ether oxygens (including phenoxy) is 1. The van der Waals surface area contributed by atoms with Crippen LogP contribution in [0, 0.1) is 0 Å². The third-order valence-corrected chi connectivity index (χ3v) is 3.53. The molecule has 1 aliphatic heterocycles. The first-order chi connectivity index (χ1) is 9.92. The molecule has 1 heterocycles. The first-order valence-corrected chi connectivity index (χ1v) is 7.02. The van der Waals surface area contributed by atoms with Gasteiger partial charge in [-0.2, -0.15) is 0 Å². The van der Waals surface area contributed by atoms with E-state index in [0.717, 1.165) is 13.1 Å². The Hall–Kier alpha value is -1.90. The SMILES string of the molecule is C(=C\c1ccccc1)/CN1COC(c2ccccc2)C1. The van der Waals surface area contributed by atoms with Crippen molar-refractivity contribution < 1.29 is 4.74 Å². The van der Waals surface area contributed by atoms with Crippen LogP contribution in [-0.2, 0) is 4.74 Å². The summed E-state index contributed by atoms with van der Waals surface area (Å²) in [6.45, 7) is 2.60. The van der Waals surface area contributed by atoms with Gasteiger partial charge in [-0.3, -0.25) is 4.90 Å². The molecule has 2 heteroatoms. The van der Waals surface area contributed by atoms with E-state index in [1.807, 2.05) is 12.1 Å². The van der Waals surface area contributed by atoms with Crippen molar-refractivity contribution in [2.24, 2.45) is 0 Å². The molecule has 20 heavy (non-hydrogen) atoms. The summed E-state index contributed by atoms with van der Waals surface area (Å²) in [7, 11) is 0. The first-order valence-electron chi connectivity index (χ1n) is 7.02. The molecular formula is C18H19NO. The zero-order valence-electron chi connectivity index (χ0n) is 11.5. The number of benzene rings is 2. The Morgan fingerprint density at radius 2 is 1.70 bits per heavy atom. The minimum absolute atomic E-state index is 0.210. The highest BCUT2D eigenvalue weighted by molar-refractivity contribution is 5.48. The molecule has 0 saturated carbocycles. The predicted molar refractivity (Wildman–Crippen MR) is 82.2 cm³/mol. The van der Waals surface area contributed by atoms with Crippen molar-refractivity contribution in [3.05, 3.63) is 77.9 Å². The monoisotopic (exact) mass is 265 g/mol. The zero-order chi connectivity index (χ0) is 13.6. The largest absolute Gasteiger partial charge is 0.357 e. The topological polar surface area (TPSA) is 12.5 Å². The molecule has 0 spiro atoms. The van der Waals surface area contributed by atoms with Crippen molar-refractivity contribution in [3.8, 4) is 0 Å². The van der Waals surface area contributed by atoms with Gasteiger partial charge >= 0.3 is 0 Å². The van der Waals surface area contributed by atoms with E-state index in [9.17, 15) is 0 Å². The predicted octanol–water partition coefficient (Wildman–Crippen LogP) is 3.73. The first kappa shape index (κ1) is 13.1. The van der Waals surface area contributed by atoms with Crippen LogP contribution in [0.4, 0.5) is 0 Å². The maximum absolute atomic E-state index is 5.85. The molecule has 2 aromatic carbocycles. The number of hydrogen-bond acceptors (Lipinski definition) is 2. The van der Waals surface area contributed by atoms with Crippen LogP contribution in [0.2, 0.25) is 0 Å². The van der Waals surface area contributed by atoms with Crippen LogP contribution in [0.3, 0.4) is 0 Å². The van der Waals surface area contributed by atoms with Gasteiger partial charge in [0.1, 0.15) is 6.73 Å². The van der Waals surface area contributed by atoms with Gasteiger partial charge in [-0.15, -0.1) is 0 Å². The molecule has 0 bridgehead atoms. The summed E-state index contributed by atoms with van der Waals surface area (Å²) in [5.74, 6) is 0. The van der Waals surface area contributed by atoms with E-state index < -0.39 is 0 Å². The van der Waals surface area contributed by atoms with Crippen LogP contribution in [0.5, 0.6) is 0 Å². The van der Waals surface area contributed by atoms with E-state index in [4.69, 9.17) is 4.74 Å². The van der Waals surface area contributed by atoms with Crippen molar-refractivity contribution in [1.82, 2.24) is 4.90 Å². The van der Waals surface area contributed by atoms with Gasteiger partial charge in [0, 0.05) is 13.1 Å². The van der Waals surface area contributed by atoms with Gasteiger partial charge in [0.05, 0.1) is 6.10 Å². The fourth-order valence-electron chi connectivity index (χ4n) is 2.43. The average molecular weight is 265 g/mol. The maximum Gasteiger partial charge on any atom is 0.100 e. The second kappa shape index (κ2) is 6.51. The summed E-state index contributed by atoms with van der Waals surface area (Å²) < 4.78 is 5.85. The Labute approximate surface area is 120 Å². The average Bonchev–Trinajstić information content (AvgIpc) is 2.98. The van der Waals surface area contributed by atoms with Gasteiger partial charge < -0.3 is 4.74 Å². The highest BCUT2D eigenvalue weighted by Crippen LogP contribution is 2.23. The van der Waals surface area contributed by atoms with Gasteiger partial charge in [-0.05, 0) is 11.1 Å². The quantitative estimate of drug-likeness (QED) is 0.835. The van der Waals surface area contributed by atoms with Crippen LogP contribution in [0.15, 0.2) is 66.7 Å². The summed E-state index contributed by atoms with van der Waals surface area (Å²) >= 11 is 0. The molecule has 2 nitrogen and oxygen atoms in total. The van der Waals surface area contributed by atoms with Gasteiger partial charge in [0.25, 0.3) is 0 Å². The molecule has 1 aliphatic rings. The maximum atomic E-state index is 5.85. The number of hydrogen-bond donors (Lipinski definition) is 0. The van der Waals surface area contributed by atoms with Gasteiger partial charge in [0.2, 0.25) is 0 Å². The Morgan fingerprint density at radius 3 is 2.45 bits per heavy atom. The summed E-state index contributed by atoms with van der Waals surface area (Å²) in [4.78, 5) is 2.32. The van der Waals surface area contributed by atoms with Crippen LogP contribution in [0.1, 0.15) is 17.2 Å². The van der Waals surface area contributed by atoms with E-state index in [-0.39, 0.29) is 6.10 Å². The van der Waals surface area contributed by atoms with E-state index in [1.54, 1.807) is 0 Å². The van der Waals surface area contributed by atoms with Crippen molar-refractivity contribution >= 4 is 6.08 Å². The lowest BCUT2D eigenvalue weighted by molar-refractivity contribution is 0.0926. The van der Waals surface area contributed by atoms with Crippen molar-refractivity contribution in [1.29, 1.82) is 0 Å². The molecule has 0 radical (unpaired) electrons. The second-order valence-corrected chi connectivity index (χ2v) is 5.04. The molecule has 0 aromatic heterocycles. The summed E-state index contributed by atoms with van der Waals surface area (Å²) in [5.41, 5.74) is 2.51. The van der Waals surface area contributed by atoms with Crippen molar-refractivity contribution in [2.45, 2.75) is 6.10 Å². The van der Waals surface area contributed by atoms with E-state index >= 15 is 0 Å². The lowest BCUT2D eigenvalue weighted by Crippen LogP contribution is -2.20. The van der Waals surface area contributed by atoms with Crippen LogP contribution in [-0.4, -0.2) is 24.7 Å². The molecule has 102 valence electrons. The lowest BCUT2D eigenvalue weighted by atomic mass is 10.1. The fourth-order valence-corrected chi connectivity index (χ4v) is 2.43. The van der Waals surface area contributed by atoms with Gasteiger partial charge in [-0.25, -0.2) is 0 Å². The Morgan fingerprint density at radius 1 is 1.00 bits per heavy atom. The molecule has 0 amide bonds. The molecule has 2 aromatic rings. The summed E-state index contributed by atoms with van der Waals surface area (Å²) in [5, 5.41) is 0. The molecule has 1 unspecified atom stereocenters. The van der Waals surface area contributed by atoms with Crippen LogP contribution in [0.25, 0.3) is 6.08 Å². The molecule has 3 rings (SSSR count). The van der Waals surface area contributed by atoms with E-state index in [1.165, 1.54) is 11.1 Å². The summed E-state index contributed by atoms with van der Waals surface area (Å²) in [6.07, 6.45) is 4.57. The van der Waals surface area contributed by atoms with Gasteiger partial charge in [-0.1, -0.05) is 72.8 Å². The van der Waals surface area contributed by atoms with Gasteiger partial charge in [0.15, 0.2) is 0 Å². The van der Waals surface area contributed by atoms with Crippen molar-refractivity contribution in [2.75, 3.05) is 19.8 Å². The molecule has 1 saturated heterocycles. The lowest BCUT2D eigenvalue weighted by Gasteiger charge is -2.10. The molecule has 0 N–H and O–H groups in total. The van der Waals surface area contributed by atoms with Crippen LogP contribution >= 0.6 is 0 Å². The van der Waals surface area contributed by atoms with E-state index in [2.05, 4.69) is 65.6 Å². The molecule has 1 fully saturated rings. The highest BCUT2D eigenvalue weighted by Gasteiger charge is 2.23. The third-order valence-electron chi connectivity index (χ3n) is 3.53. The smallest absolute Gasteiger partial charge is 0.100 e. The Bertz CT molecular complexity index is 550. The van der Waals surface area contributed by atoms with E-state index in [0.29, 0.717) is 6.73 Å². The molecule has 1 atom stereocenters. The highest BCUT2D eigenvalue weighted by atomic mass is 16.5. The number of nitrogens with zero attached hydrogens (tertiary/aromatic N) is 1. The minimum atomic E-state index is 0.210. The minimum Gasteiger partial charge on any atom is -0.357 e. The normalized spacial score (nSPS) is 19.7. The third kappa shape index (κ3) is 3.35. The zero-order valence-corrected chi connectivity index (χ0v) is 11.5. The standard InChI is InChI=1S/C18H19NO/c1-3-8-16(9-4-1)10-7-13-19-14-18(20-15-19)17-11-5-2-6-12-17/h1-12,18H,13-15H2/b10-7+. The Kier molecular flexibility index (Phi) is 4.26. The second-order valence-electron chi connectivity index (χ2n) is 5.04. The molecular weight excluding hydrogens is 246 g/mol. The number of rotatable bonds is 4. The summed E-state index contributed by atoms with van der Waals surface area (Å²) in [6, 6.07) is 20.8. The Balaban J connectivity index is 1.52. The molecule has 0 aliphatic carbocycles.